The molecule has 0 bridgehead atoms. The summed E-state index contributed by atoms with van der Waals surface area (Å²) in [5.74, 6) is 0. The first-order chi connectivity index (χ1) is 21.8. The predicted octanol–water partition coefficient (Wildman–Crippen LogP) is 12.8. The van der Waals surface area contributed by atoms with E-state index in [1.807, 2.05) is 0 Å². The van der Waals surface area contributed by atoms with Crippen molar-refractivity contribution in [1.82, 2.24) is 4.90 Å². The van der Waals surface area contributed by atoms with Crippen LogP contribution in [0.4, 0.5) is 0 Å². The van der Waals surface area contributed by atoms with E-state index in [0.717, 1.165) is 26.3 Å². The zero-order valence-corrected chi connectivity index (χ0v) is 30.4. The summed E-state index contributed by atoms with van der Waals surface area (Å²) in [5.41, 5.74) is 0. The van der Waals surface area contributed by atoms with Gasteiger partial charge >= 0.3 is 0 Å². The number of hydrogen-bond donors (Lipinski definition) is 0. The van der Waals surface area contributed by atoms with Gasteiger partial charge < -0.3 is 14.4 Å². The molecule has 0 aromatic heterocycles. The van der Waals surface area contributed by atoms with Gasteiger partial charge in [0.25, 0.3) is 0 Å². The standard InChI is InChI=1S/C41H79NO2/c1-4-6-8-10-12-14-16-18-20-22-24-26-28-30-32-34-36-43-40-38-42(3)39-41(40)44-37-35-33-31-29-27-25-23-21-19-17-15-13-11-9-7-5-2/h24-27,40-41H,4-23,28-39H2,1-3H3/b26-24-,27-25-/t40-,41?/m1/s1. The number of nitrogens with zero attached hydrogens (tertiary/aromatic N) is 1. The molecule has 44 heavy (non-hydrogen) atoms. The van der Waals surface area contributed by atoms with Gasteiger partial charge in [-0.15, -0.1) is 0 Å². The van der Waals surface area contributed by atoms with Crippen molar-refractivity contribution in [3.05, 3.63) is 24.3 Å². The highest BCUT2D eigenvalue weighted by Crippen LogP contribution is 2.18. The Kier molecular flexibility index (Phi) is 31.7. The Morgan fingerprint density at radius 3 is 1.00 bits per heavy atom. The van der Waals surface area contributed by atoms with Crippen LogP contribution in [0.15, 0.2) is 24.3 Å². The number of unbranched alkanes of at least 4 members (excludes halogenated alkanes) is 24. The maximum Gasteiger partial charge on any atom is 0.0975 e. The first-order valence-electron chi connectivity index (χ1n) is 20.0. The Morgan fingerprint density at radius 2 is 0.682 bits per heavy atom. The molecule has 1 fully saturated rings. The summed E-state index contributed by atoms with van der Waals surface area (Å²) in [6.07, 6.45) is 48.1. The summed E-state index contributed by atoms with van der Waals surface area (Å²) in [7, 11) is 2.20. The summed E-state index contributed by atoms with van der Waals surface area (Å²) in [4.78, 5) is 2.37. The number of likely N-dealkylation sites (N-methyl/N-ethyl adjacent to an activating group) is 1. The zero-order valence-electron chi connectivity index (χ0n) is 30.4. The molecule has 1 heterocycles. The van der Waals surface area contributed by atoms with Crippen LogP contribution in [0.3, 0.4) is 0 Å². The molecule has 0 aromatic carbocycles. The highest BCUT2D eigenvalue weighted by atomic mass is 16.5. The van der Waals surface area contributed by atoms with Gasteiger partial charge in [-0.2, -0.15) is 0 Å². The van der Waals surface area contributed by atoms with Crippen LogP contribution in [0.5, 0.6) is 0 Å². The van der Waals surface area contributed by atoms with Crippen molar-refractivity contribution in [3.63, 3.8) is 0 Å². The molecule has 1 rings (SSSR count). The second-order valence-electron chi connectivity index (χ2n) is 13.9. The third-order valence-electron chi connectivity index (χ3n) is 9.37. The molecule has 2 atom stereocenters. The highest BCUT2D eigenvalue weighted by molar-refractivity contribution is 4.85. The lowest BCUT2D eigenvalue weighted by Gasteiger charge is -2.19. The van der Waals surface area contributed by atoms with Gasteiger partial charge in [-0.1, -0.05) is 154 Å². The molecular weight excluding hydrogens is 538 g/mol. The fourth-order valence-electron chi connectivity index (χ4n) is 6.41. The SMILES string of the molecule is CCCCCCCCCCC/C=C\CCCCCOC1CN(C)C[C@H]1OCCCCC/C=C\CCCCCCCCCCC. The molecule has 1 saturated heterocycles. The van der Waals surface area contributed by atoms with Crippen LogP contribution >= 0.6 is 0 Å². The van der Waals surface area contributed by atoms with Gasteiger partial charge in [0.1, 0.15) is 0 Å². The van der Waals surface area contributed by atoms with Gasteiger partial charge in [0.2, 0.25) is 0 Å². The van der Waals surface area contributed by atoms with Gasteiger partial charge in [-0.05, 0) is 71.3 Å². The second kappa shape index (κ2) is 33.7. The van der Waals surface area contributed by atoms with Crippen LogP contribution in [0.2, 0.25) is 0 Å². The van der Waals surface area contributed by atoms with Crippen LogP contribution in [-0.2, 0) is 9.47 Å². The lowest BCUT2D eigenvalue weighted by atomic mass is 10.1. The monoisotopic (exact) mass is 618 g/mol. The van der Waals surface area contributed by atoms with Crippen LogP contribution < -0.4 is 0 Å². The second-order valence-corrected chi connectivity index (χ2v) is 13.9. The van der Waals surface area contributed by atoms with Gasteiger partial charge in [-0.25, -0.2) is 0 Å². The van der Waals surface area contributed by atoms with Crippen molar-refractivity contribution < 1.29 is 9.47 Å². The number of ether oxygens (including phenoxy) is 2. The van der Waals surface area contributed by atoms with Gasteiger partial charge in [0, 0.05) is 26.3 Å². The van der Waals surface area contributed by atoms with Crippen molar-refractivity contribution in [2.45, 2.75) is 206 Å². The van der Waals surface area contributed by atoms with E-state index in [1.54, 1.807) is 0 Å². The third kappa shape index (κ3) is 27.7. The first-order valence-corrected chi connectivity index (χ1v) is 20.0. The fourth-order valence-corrected chi connectivity index (χ4v) is 6.41. The van der Waals surface area contributed by atoms with Crippen molar-refractivity contribution in [3.8, 4) is 0 Å². The summed E-state index contributed by atoms with van der Waals surface area (Å²) < 4.78 is 12.6. The minimum absolute atomic E-state index is 0.250. The molecule has 260 valence electrons. The molecule has 3 nitrogen and oxygen atoms in total. The Bertz CT molecular complexity index is 566. The Hall–Kier alpha value is -0.640. The summed E-state index contributed by atoms with van der Waals surface area (Å²) >= 11 is 0. The van der Waals surface area contributed by atoms with E-state index < -0.39 is 0 Å². The van der Waals surface area contributed by atoms with Gasteiger partial charge in [0.05, 0.1) is 12.2 Å². The molecule has 1 unspecified atom stereocenters. The minimum atomic E-state index is 0.250. The van der Waals surface area contributed by atoms with E-state index in [9.17, 15) is 0 Å². The average molecular weight is 618 g/mol. The maximum absolute atomic E-state index is 6.29. The quantitative estimate of drug-likeness (QED) is 0.0529. The highest BCUT2D eigenvalue weighted by Gasteiger charge is 2.32. The molecule has 1 aliphatic rings. The maximum atomic E-state index is 6.29. The molecule has 0 radical (unpaired) electrons. The Labute approximate surface area is 277 Å². The van der Waals surface area contributed by atoms with E-state index in [1.165, 1.54) is 180 Å². The number of hydrogen-bond acceptors (Lipinski definition) is 3. The molecule has 0 saturated carbocycles. The molecule has 0 spiro atoms. The summed E-state index contributed by atoms with van der Waals surface area (Å²) in [6.45, 7) is 8.37. The molecular formula is C41H79NO2. The normalized spacial score (nSPS) is 17.6. The molecule has 0 amide bonds. The number of likely N-dealkylation sites (tertiary alicyclic amines) is 1. The van der Waals surface area contributed by atoms with E-state index >= 15 is 0 Å². The van der Waals surface area contributed by atoms with E-state index in [-0.39, 0.29) is 12.2 Å². The molecule has 1 aliphatic heterocycles. The topological polar surface area (TPSA) is 21.7 Å². The van der Waals surface area contributed by atoms with E-state index in [0.29, 0.717) is 0 Å². The molecule has 0 aliphatic carbocycles. The van der Waals surface area contributed by atoms with Crippen LogP contribution in [0.1, 0.15) is 194 Å². The predicted molar refractivity (Wildman–Crippen MR) is 196 cm³/mol. The molecule has 0 aromatic rings. The van der Waals surface area contributed by atoms with Crippen molar-refractivity contribution >= 4 is 0 Å². The van der Waals surface area contributed by atoms with E-state index in [4.69, 9.17) is 9.47 Å². The van der Waals surface area contributed by atoms with Crippen LogP contribution in [0, 0.1) is 0 Å². The molecule has 3 heteroatoms. The minimum Gasteiger partial charge on any atom is -0.374 e. The molecule has 0 N–H and O–H groups in total. The van der Waals surface area contributed by atoms with Crippen LogP contribution in [0.25, 0.3) is 0 Å². The lowest BCUT2D eigenvalue weighted by Crippen LogP contribution is -2.30. The summed E-state index contributed by atoms with van der Waals surface area (Å²) in [5, 5.41) is 0. The number of allylic oxidation sites excluding steroid dienone is 4. The smallest absolute Gasteiger partial charge is 0.0975 e. The largest absolute Gasteiger partial charge is 0.374 e. The lowest BCUT2D eigenvalue weighted by molar-refractivity contribution is -0.0481. The van der Waals surface area contributed by atoms with Crippen molar-refractivity contribution in [1.29, 1.82) is 0 Å². The van der Waals surface area contributed by atoms with Crippen LogP contribution in [-0.4, -0.2) is 50.5 Å². The zero-order chi connectivity index (χ0) is 31.6. The van der Waals surface area contributed by atoms with E-state index in [2.05, 4.69) is 50.1 Å². The fraction of sp³-hybridized carbons (Fsp3) is 0.902. The first kappa shape index (κ1) is 41.4. The van der Waals surface area contributed by atoms with Gasteiger partial charge in [-0.3, -0.25) is 0 Å². The third-order valence-corrected chi connectivity index (χ3v) is 9.37. The average Bonchev–Trinajstić information content (AvgIpc) is 3.38. The van der Waals surface area contributed by atoms with Crippen molar-refractivity contribution in [2.75, 3.05) is 33.4 Å². The van der Waals surface area contributed by atoms with Gasteiger partial charge in [0.15, 0.2) is 0 Å². The van der Waals surface area contributed by atoms with Crippen molar-refractivity contribution in [2.24, 2.45) is 0 Å². The number of rotatable bonds is 34. The summed E-state index contributed by atoms with van der Waals surface area (Å²) in [6, 6.07) is 0. The Morgan fingerprint density at radius 1 is 0.409 bits per heavy atom. The Balaban J connectivity index is 1.89.